The first-order valence-electron chi connectivity index (χ1n) is 11.4. The van der Waals surface area contributed by atoms with E-state index in [1.165, 1.54) is 43.4 Å². The first-order chi connectivity index (χ1) is 15.2. The van der Waals surface area contributed by atoms with Gasteiger partial charge in [0.25, 0.3) is 5.56 Å². The Labute approximate surface area is 181 Å². The van der Waals surface area contributed by atoms with Crippen LogP contribution in [0.15, 0.2) is 47.3 Å². The fourth-order valence-corrected chi connectivity index (χ4v) is 5.02. The molecule has 0 unspecified atom stereocenters. The topological polar surface area (TPSA) is 86.9 Å². The summed E-state index contributed by atoms with van der Waals surface area (Å²) < 4.78 is 0. The standard InChI is InChI=1S/C25H28N4O2/c30-24(12-6-11-23-28-21-10-5-4-8-18(21)25(31)29-23)26-16-13-14-22-19(15-16)17-7-2-1-3-9-20(17)27-22/h4-5,8,10,13-15,17,20,27H,1-3,6-7,9,11-12H2,(H,26,30)(H,28,29,31)/t17-,20+/m1/s1. The molecule has 1 saturated carbocycles. The smallest absolute Gasteiger partial charge is 0.258 e. The first kappa shape index (κ1) is 19.8. The van der Waals surface area contributed by atoms with Crippen molar-refractivity contribution in [1.82, 2.24) is 9.97 Å². The van der Waals surface area contributed by atoms with Crippen LogP contribution in [0.5, 0.6) is 0 Å². The van der Waals surface area contributed by atoms with Gasteiger partial charge in [-0.3, -0.25) is 9.59 Å². The Morgan fingerprint density at radius 2 is 1.97 bits per heavy atom. The summed E-state index contributed by atoms with van der Waals surface area (Å²) in [6.45, 7) is 0. The van der Waals surface area contributed by atoms with E-state index in [1.807, 2.05) is 24.3 Å². The monoisotopic (exact) mass is 416 g/mol. The molecule has 2 aliphatic rings. The highest BCUT2D eigenvalue weighted by Gasteiger charge is 2.32. The van der Waals surface area contributed by atoms with Gasteiger partial charge in [0.15, 0.2) is 0 Å². The third kappa shape index (κ3) is 4.20. The van der Waals surface area contributed by atoms with Crippen molar-refractivity contribution in [3.05, 3.63) is 64.2 Å². The second-order valence-corrected chi connectivity index (χ2v) is 8.73. The van der Waals surface area contributed by atoms with E-state index >= 15 is 0 Å². The molecule has 6 heteroatoms. The second kappa shape index (κ2) is 8.53. The molecule has 1 aliphatic carbocycles. The molecule has 5 rings (SSSR count). The van der Waals surface area contributed by atoms with Crippen LogP contribution in [0, 0.1) is 0 Å². The molecule has 1 amide bonds. The highest BCUT2D eigenvalue weighted by molar-refractivity contribution is 5.91. The zero-order valence-corrected chi connectivity index (χ0v) is 17.6. The van der Waals surface area contributed by atoms with Crippen molar-refractivity contribution in [3.63, 3.8) is 0 Å². The average molecular weight is 417 g/mol. The zero-order valence-electron chi connectivity index (χ0n) is 17.6. The SMILES string of the molecule is O=C(CCCc1nc2ccccc2c(=O)[nH]1)Nc1ccc2c(c1)[C@H]1CCCCC[C@@H]1N2. The van der Waals surface area contributed by atoms with E-state index in [-0.39, 0.29) is 11.5 Å². The summed E-state index contributed by atoms with van der Waals surface area (Å²) in [4.78, 5) is 32.0. The van der Waals surface area contributed by atoms with Gasteiger partial charge in [0, 0.05) is 36.2 Å². The summed E-state index contributed by atoms with van der Waals surface area (Å²) in [5.74, 6) is 1.18. The van der Waals surface area contributed by atoms with E-state index in [0.717, 1.165) is 5.69 Å². The Morgan fingerprint density at radius 1 is 1.10 bits per heavy atom. The molecule has 0 bridgehead atoms. The Hall–Kier alpha value is -3.15. The van der Waals surface area contributed by atoms with Gasteiger partial charge in [0.2, 0.25) is 5.91 Å². The summed E-state index contributed by atoms with van der Waals surface area (Å²) in [6.07, 6.45) is 7.92. The molecule has 3 aromatic rings. The van der Waals surface area contributed by atoms with Crippen molar-refractivity contribution in [2.75, 3.05) is 10.6 Å². The van der Waals surface area contributed by atoms with Crippen molar-refractivity contribution in [2.24, 2.45) is 0 Å². The lowest BCUT2D eigenvalue weighted by molar-refractivity contribution is -0.116. The quantitative estimate of drug-likeness (QED) is 0.561. The van der Waals surface area contributed by atoms with Crippen molar-refractivity contribution in [1.29, 1.82) is 0 Å². The Kier molecular flexibility index (Phi) is 5.45. The molecule has 2 atom stereocenters. The maximum absolute atomic E-state index is 12.5. The van der Waals surface area contributed by atoms with Crippen molar-refractivity contribution in [3.8, 4) is 0 Å². The summed E-state index contributed by atoms with van der Waals surface area (Å²) in [5.41, 5.74) is 4.00. The van der Waals surface area contributed by atoms with Gasteiger partial charge in [-0.1, -0.05) is 31.4 Å². The number of rotatable bonds is 5. The largest absolute Gasteiger partial charge is 0.381 e. The third-order valence-corrected chi connectivity index (χ3v) is 6.57. The van der Waals surface area contributed by atoms with Gasteiger partial charge in [0.1, 0.15) is 5.82 Å². The lowest BCUT2D eigenvalue weighted by Crippen LogP contribution is -2.18. The van der Waals surface area contributed by atoms with Crippen LogP contribution in [0.1, 0.15) is 62.3 Å². The summed E-state index contributed by atoms with van der Waals surface area (Å²) in [7, 11) is 0. The fraction of sp³-hybridized carbons (Fsp3) is 0.400. The van der Waals surface area contributed by atoms with Gasteiger partial charge in [-0.05, 0) is 55.2 Å². The first-order valence-corrected chi connectivity index (χ1v) is 11.4. The van der Waals surface area contributed by atoms with Gasteiger partial charge in [-0.2, -0.15) is 0 Å². The Balaban J connectivity index is 1.19. The molecule has 6 nitrogen and oxygen atoms in total. The van der Waals surface area contributed by atoms with Gasteiger partial charge in [-0.25, -0.2) is 4.98 Å². The van der Waals surface area contributed by atoms with Crippen LogP contribution in [-0.2, 0) is 11.2 Å². The molecule has 31 heavy (non-hydrogen) atoms. The van der Waals surface area contributed by atoms with Crippen LogP contribution in [0.3, 0.4) is 0 Å². The molecule has 1 aromatic heterocycles. The molecular formula is C25H28N4O2. The minimum Gasteiger partial charge on any atom is -0.381 e. The van der Waals surface area contributed by atoms with E-state index < -0.39 is 0 Å². The number of H-pyrrole nitrogens is 1. The number of aromatic amines is 1. The maximum Gasteiger partial charge on any atom is 0.258 e. The minimum atomic E-state index is -0.131. The van der Waals surface area contributed by atoms with Crippen LogP contribution < -0.4 is 16.2 Å². The van der Waals surface area contributed by atoms with Crippen molar-refractivity contribution < 1.29 is 4.79 Å². The number of nitrogens with one attached hydrogen (secondary N) is 3. The molecule has 160 valence electrons. The number of aryl methyl sites for hydroxylation is 1. The van der Waals surface area contributed by atoms with E-state index in [1.54, 1.807) is 6.07 Å². The van der Waals surface area contributed by atoms with E-state index in [0.29, 0.717) is 47.9 Å². The number of aromatic nitrogens is 2. The number of amides is 1. The summed E-state index contributed by atoms with van der Waals surface area (Å²) in [6, 6.07) is 14.1. The number of nitrogens with zero attached hydrogens (tertiary/aromatic N) is 1. The van der Waals surface area contributed by atoms with Gasteiger partial charge in [0.05, 0.1) is 10.9 Å². The minimum absolute atomic E-state index is 0.00791. The van der Waals surface area contributed by atoms with E-state index in [2.05, 4.69) is 32.7 Å². The molecule has 1 aliphatic heterocycles. The van der Waals surface area contributed by atoms with Gasteiger partial charge in [-0.15, -0.1) is 0 Å². The van der Waals surface area contributed by atoms with Gasteiger partial charge < -0.3 is 15.6 Å². The Bertz CT molecular complexity index is 1170. The second-order valence-electron chi connectivity index (χ2n) is 8.73. The third-order valence-electron chi connectivity index (χ3n) is 6.57. The molecule has 0 spiro atoms. The maximum atomic E-state index is 12.5. The number of fused-ring (bicyclic) bond motifs is 4. The molecule has 1 fully saturated rings. The predicted molar refractivity (Wildman–Crippen MR) is 124 cm³/mol. The number of anilines is 2. The van der Waals surface area contributed by atoms with Crippen molar-refractivity contribution >= 4 is 28.2 Å². The van der Waals surface area contributed by atoms with Crippen LogP contribution >= 0.6 is 0 Å². The van der Waals surface area contributed by atoms with E-state index in [9.17, 15) is 9.59 Å². The highest BCUT2D eigenvalue weighted by Crippen LogP contribution is 2.43. The lowest BCUT2D eigenvalue weighted by atomic mass is 9.91. The molecule has 0 saturated heterocycles. The highest BCUT2D eigenvalue weighted by atomic mass is 16.1. The van der Waals surface area contributed by atoms with Gasteiger partial charge >= 0.3 is 0 Å². The predicted octanol–water partition coefficient (Wildman–Crippen LogP) is 4.73. The Morgan fingerprint density at radius 3 is 2.90 bits per heavy atom. The van der Waals surface area contributed by atoms with Crippen molar-refractivity contribution in [2.45, 2.75) is 63.3 Å². The number of para-hydroxylation sites is 1. The van der Waals surface area contributed by atoms with Crippen LogP contribution in [0.25, 0.3) is 10.9 Å². The number of carbonyl (C=O) groups is 1. The molecule has 2 aromatic carbocycles. The number of benzene rings is 2. The van der Waals surface area contributed by atoms with Crippen LogP contribution in [0.4, 0.5) is 11.4 Å². The van der Waals surface area contributed by atoms with E-state index in [4.69, 9.17) is 0 Å². The number of carbonyl (C=O) groups excluding carboxylic acids is 1. The molecule has 2 heterocycles. The molecule has 3 N–H and O–H groups in total. The molecular weight excluding hydrogens is 388 g/mol. The van der Waals surface area contributed by atoms with Crippen LogP contribution in [0.2, 0.25) is 0 Å². The number of hydrogen-bond donors (Lipinski definition) is 3. The lowest BCUT2D eigenvalue weighted by Gasteiger charge is -2.16. The molecule has 0 radical (unpaired) electrons. The normalized spacial score (nSPS) is 19.9. The summed E-state index contributed by atoms with van der Waals surface area (Å²) >= 11 is 0. The summed E-state index contributed by atoms with van der Waals surface area (Å²) in [5, 5.41) is 7.32. The average Bonchev–Trinajstić information content (AvgIpc) is 2.94. The fourth-order valence-electron chi connectivity index (χ4n) is 5.02. The van der Waals surface area contributed by atoms with Crippen LogP contribution in [-0.4, -0.2) is 21.9 Å². The number of hydrogen-bond acceptors (Lipinski definition) is 4. The zero-order chi connectivity index (χ0) is 21.2.